The molecule has 2 aliphatic carbocycles. The Kier molecular flexibility index (Phi) is 4.31. The lowest BCUT2D eigenvalue weighted by molar-refractivity contribution is -0.151. The summed E-state index contributed by atoms with van der Waals surface area (Å²) in [6.45, 7) is 4.53. The number of carbonyl (C=O) groups is 1. The quantitative estimate of drug-likeness (QED) is 0.766. The highest BCUT2D eigenvalue weighted by Crippen LogP contribution is 2.38. The van der Waals surface area contributed by atoms with Crippen LogP contribution in [0, 0.1) is 11.8 Å². The molecule has 104 valence electrons. The molecule has 0 bridgehead atoms. The molecular formula is C15H27NO2. The first-order valence-corrected chi connectivity index (χ1v) is 7.42. The Morgan fingerprint density at radius 1 is 1.39 bits per heavy atom. The van der Waals surface area contributed by atoms with Crippen molar-refractivity contribution in [1.82, 2.24) is 5.32 Å². The summed E-state index contributed by atoms with van der Waals surface area (Å²) in [5.74, 6) is 1.34. The molecule has 0 aromatic rings. The topological polar surface area (TPSA) is 38.3 Å². The first kappa shape index (κ1) is 13.9. The van der Waals surface area contributed by atoms with Crippen LogP contribution in [0.4, 0.5) is 0 Å². The molecule has 0 heterocycles. The summed E-state index contributed by atoms with van der Waals surface area (Å²) < 4.78 is 5.07. The Morgan fingerprint density at radius 2 is 2.11 bits per heavy atom. The molecule has 0 spiro atoms. The molecule has 18 heavy (non-hydrogen) atoms. The Hall–Kier alpha value is -0.570. The van der Waals surface area contributed by atoms with Crippen molar-refractivity contribution in [3.05, 3.63) is 0 Å². The molecule has 2 atom stereocenters. The molecule has 2 aliphatic rings. The number of esters is 1. The van der Waals surface area contributed by atoms with Gasteiger partial charge in [-0.25, -0.2) is 0 Å². The van der Waals surface area contributed by atoms with Gasteiger partial charge in [-0.3, -0.25) is 10.1 Å². The average molecular weight is 253 g/mol. The highest BCUT2D eigenvalue weighted by molar-refractivity contribution is 5.81. The van der Waals surface area contributed by atoms with E-state index in [9.17, 15) is 4.79 Å². The Bertz CT molecular complexity index is 299. The summed E-state index contributed by atoms with van der Waals surface area (Å²) >= 11 is 0. The Labute approximate surface area is 111 Å². The van der Waals surface area contributed by atoms with Gasteiger partial charge in [0.05, 0.1) is 7.11 Å². The van der Waals surface area contributed by atoms with Crippen LogP contribution in [0.15, 0.2) is 0 Å². The van der Waals surface area contributed by atoms with Crippen molar-refractivity contribution in [3.63, 3.8) is 0 Å². The van der Waals surface area contributed by atoms with Gasteiger partial charge < -0.3 is 4.74 Å². The maximum absolute atomic E-state index is 12.2. The highest BCUT2D eigenvalue weighted by Gasteiger charge is 2.46. The van der Waals surface area contributed by atoms with Gasteiger partial charge in [-0.05, 0) is 43.9 Å². The predicted octanol–water partition coefficient (Wildman–Crippen LogP) is 2.89. The molecule has 3 heteroatoms. The second kappa shape index (κ2) is 5.60. The van der Waals surface area contributed by atoms with Gasteiger partial charge >= 0.3 is 5.97 Å². The minimum absolute atomic E-state index is 0.0390. The molecular weight excluding hydrogens is 226 g/mol. The van der Waals surface area contributed by atoms with Gasteiger partial charge in [-0.1, -0.05) is 26.7 Å². The molecule has 2 saturated carbocycles. The normalized spacial score (nSPS) is 32.6. The first-order valence-electron chi connectivity index (χ1n) is 7.42. The Morgan fingerprint density at radius 3 is 2.67 bits per heavy atom. The van der Waals surface area contributed by atoms with Crippen molar-refractivity contribution in [2.45, 2.75) is 70.4 Å². The molecule has 1 N–H and O–H groups in total. The smallest absolute Gasteiger partial charge is 0.326 e. The van der Waals surface area contributed by atoms with E-state index >= 15 is 0 Å². The number of ether oxygens (including phenoxy) is 1. The van der Waals surface area contributed by atoms with Crippen LogP contribution in [0.1, 0.15) is 58.8 Å². The maximum atomic E-state index is 12.2. The van der Waals surface area contributed by atoms with Crippen LogP contribution in [0.25, 0.3) is 0 Å². The minimum Gasteiger partial charge on any atom is -0.468 e. The molecule has 0 saturated heterocycles. The van der Waals surface area contributed by atoms with Gasteiger partial charge in [-0.2, -0.15) is 0 Å². The van der Waals surface area contributed by atoms with Gasteiger partial charge in [-0.15, -0.1) is 0 Å². The molecule has 0 aliphatic heterocycles. The lowest BCUT2D eigenvalue weighted by Gasteiger charge is -2.40. The first-order chi connectivity index (χ1) is 8.55. The fourth-order valence-electron chi connectivity index (χ4n) is 3.45. The molecule has 3 nitrogen and oxygen atoms in total. The monoisotopic (exact) mass is 253 g/mol. The molecule has 2 fully saturated rings. The summed E-state index contributed by atoms with van der Waals surface area (Å²) in [5, 5.41) is 3.59. The van der Waals surface area contributed by atoms with Crippen LogP contribution in [-0.2, 0) is 9.53 Å². The van der Waals surface area contributed by atoms with E-state index in [1.165, 1.54) is 32.8 Å². The van der Waals surface area contributed by atoms with Crippen molar-refractivity contribution in [2.75, 3.05) is 7.11 Å². The van der Waals surface area contributed by atoms with E-state index in [-0.39, 0.29) is 11.5 Å². The maximum Gasteiger partial charge on any atom is 0.326 e. The van der Waals surface area contributed by atoms with Crippen molar-refractivity contribution in [3.8, 4) is 0 Å². The average Bonchev–Trinajstić information content (AvgIpc) is 3.11. The third kappa shape index (κ3) is 3.25. The number of carbonyl (C=O) groups excluding carboxylic acids is 1. The van der Waals surface area contributed by atoms with Gasteiger partial charge in [0, 0.05) is 6.04 Å². The van der Waals surface area contributed by atoms with Crippen LogP contribution >= 0.6 is 0 Å². The third-order valence-electron chi connectivity index (χ3n) is 4.29. The SMILES string of the molecule is COC(=O)C1(NC2CC2)CCCC(CC(C)C)C1. The molecule has 0 aromatic heterocycles. The number of nitrogens with one attached hydrogen (secondary N) is 1. The minimum atomic E-state index is -0.381. The van der Waals surface area contributed by atoms with E-state index in [0.717, 1.165) is 19.3 Å². The zero-order valence-corrected chi connectivity index (χ0v) is 12.0. The van der Waals surface area contributed by atoms with Crippen LogP contribution < -0.4 is 5.32 Å². The van der Waals surface area contributed by atoms with Crippen molar-refractivity contribution in [1.29, 1.82) is 0 Å². The van der Waals surface area contributed by atoms with E-state index in [2.05, 4.69) is 19.2 Å². The van der Waals surface area contributed by atoms with Gasteiger partial charge in [0.1, 0.15) is 5.54 Å². The molecule has 0 radical (unpaired) electrons. The molecule has 2 unspecified atom stereocenters. The largest absolute Gasteiger partial charge is 0.468 e. The summed E-state index contributed by atoms with van der Waals surface area (Å²) in [7, 11) is 1.52. The van der Waals surface area contributed by atoms with Crippen LogP contribution in [0.5, 0.6) is 0 Å². The van der Waals surface area contributed by atoms with Crippen LogP contribution in [-0.4, -0.2) is 24.7 Å². The Balaban J connectivity index is 2.04. The number of rotatable bonds is 5. The van der Waals surface area contributed by atoms with Crippen molar-refractivity contribution in [2.24, 2.45) is 11.8 Å². The molecule has 2 rings (SSSR count). The summed E-state index contributed by atoms with van der Waals surface area (Å²) in [5.41, 5.74) is -0.381. The zero-order valence-electron chi connectivity index (χ0n) is 12.0. The van der Waals surface area contributed by atoms with Crippen molar-refractivity contribution >= 4 is 5.97 Å². The second-order valence-electron chi connectivity index (χ2n) is 6.58. The molecule has 0 aromatic carbocycles. The zero-order chi connectivity index (χ0) is 13.2. The number of hydrogen-bond donors (Lipinski definition) is 1. The molecule has 0 amide bonds. The standard InChI is InChI=1S/C15H27NO2/c1-11(2)9-12-5-4-8-15(10-12,14(17)18-3)16-13-6-7-13/h11-13,16H,4-10H2,1-3H3. The number of methoxy groups -OCH3 is 1. The van der Waals surface area contributed by atoms with E-state index in [4.69, 9.17) is 4.74 Å². The van der Waals surface area contributed by atoms with Crippen LogP contribution in [0.2, 0.25) is 0 Å². The lowest BCUT2D eigenvalue weighted by Crippen LogP contribution is -2.56. The predicted molar refractivity (Wildman–Crippen MR) is 72.3 cm³/mol. The van der Waals surface area contributed by atoms with Gasteiger partial charge in [0.15, 0.2) is 0 Å². The van der Waals surface area contributed by atoms with E-state index in [1.807, 2.05) is 0 Å². The fraction of sp³-hybridized carbons (Fsp3) is 0.933. The summed E-state index contributed by atoms with van der Waals surface area (Å²) in [4.78, 5) is 12.2. The van der Waals surface area contributed by atoms with E-state index in [1.54, 1.807) is 0 Å². The summed E-state index contributed by atoms with van der Waals surface area (Å²) in [6, 6.07) is 0.557. The van der Waals surface area contributed by atoms with E-state index < -0.39 is 0 Å². The van der Waals surface area contributed by atoms with Crippen molar-refractivity contribution < 1.29 is 9.53 Å². The fourth-order valence-corrected chi connectivity index (χ4v) is 3.45. The highest BCUT2D eigenvalue weighted by atomic mass is 16.5. The number of hydrogen-bond acceptors (Lipinski definition) is 3. The van der Waals surface area contributed by atoms with Crippen LogP contribution in [0.3, 0.4) is 0 Å². The summed E-state index contributed by atoms with van der Waals surface area (Å²) in [6.07, 6.45) is 7.99. The van der Waals surface area contributed by atoms with E-state index in [0.29, 0.717) is 17.9 Å². The second-order valence-corrected chi connectivity index (χ2v) is 6.58. The third-order valence-corrected chi connectivity index (χ3v) is 4.29. The van der Waals surface area contributed by atoms with Gasteiger partial charge in [0.2, 0.25) is 0 Å². The lowest BCUT2D eigenvalue weighted by atomic mass is 9.73. The van der Waals surface area contributed by atoms with Gasteiger partial charge in [0.25, 0.3) is 0 Å².